The maximum absolute atomic E-state index is 10.6. The number of ether oxygens (including phenoxy) is 2. The molecule has 0 radical (unpaired) electrons. The second-order valence-corrected chi connectivity index (χ2v) is 4.26. The number of rotatable bonds is 6. The number of carbonyl (C=O) groups is 1. The van der Waals surface area contributed by atoms with Crippen LogP contribution < -0.4 is 9.47 Å². The standard InChI is InChI=1S/C14H20O5/c1-4-6-9-8-11(19-14(16)17)12(15)13(18-3)10(9)7-5-2/h8,15H,4-7H2,1-3H3,(H,16,17). The van der Waals surface area contributed by atoms with Crippen LogP contribution in [0.1, 0.15) is 37.8 Å². The van der Waals surface area contributed by atoms with Gasteiger partial charge in [0.1, 0.15) is 0 Å². The van der Waals surface area contributed by atoms with Gasteiger partial charge in [0.2, 0.25) is 5.75 Å². The van der Waals surface area contributed by atoms with Gasteiger partial charge >= 0.3 is 6.16 Å². The first kappa shape index (κ1) is 15.1. The Hall–Kier alpha value is -1.91. The van der Waals surface area contributed by atoms with E-state index in [0.29, 0.717) is 5.75 Å². The Morgan fingerprint density at radius 1 is 1.26 bits per heavy atom. The Bertz CT molecular complexity index is 454. The minimum atomic E-state index is -1.46. The molecular weight excluding hydrogens is 248 g/mol. The smallest absolute Gasteiger partial charge is 0.502 e. The first-order valence-corrected chi connectivity index (χ1v) is 6.37. The number of benzene rings is 1. The lowest BCUT2D eigenvalue weighted by Gasteiger charge is -2.17. The average molecular weight is 268 g/mol. The predicted octanol–water partition coefficient (Wildman–Crippen LogP) is 3.36. The molecule has 1 aromatic rings. The molecule has 0 heterocycles. The number of phenolic OH excluding ortho intramolecular Hbond substituents is 1. The van der Waals surface area contributed by atoms with Crippen LogP contribution in [0.25, 0.3) is 0 Å². The molecule has 0 fully saturated rings. The summed E-state index contributed by atoms with van der Waals surface area (Å²) >= 11 is 0. The van der Waals surface area contributed by atoms with Gasteiger partial charge in [0.15, 0.2) is 11.5 Å². The molecule has 2 N–H and O–H groups in total. The fourth-order valence-corrected chi connectivity index (χ4v) is 2.12. The van der Waals surface area contributed by atoms with E-state index in [2.05, 4.69) is 4.74 Å². The van der Waals surface area contributed by atoms with Crippen molar-refractivity contribution < 1.29 is 24.5 Å². The van der Waals surface area contributed by atoms with Crippen LogP contribution in [-0.2, 0) is 12.8 Å². The molecule has 0 saturated heterocycles. The van der Waals surface area contributed by atoms with Gasteiger partial charge < -0.3 is 19.7 Å². The fraction of sp³-hybridized carbons (Fsp3) is 0.500. The third-order valence-electron chi connectivity index (χ3n) is 2.84. The molecule has 0 unspecified atom stereocenters. The lowest BCUT2D eigenvalue weighted by molar-refractivity contribution is 0.142. The van der Waals surface area contributed by atoms with Gasteiger partial charge in [-0.15, -0.1) is 0 Å². The molecule has 0 amide bonds. The van der Waals surface area contributed by atoms with Gasteiger partial charge in [0.25, 0.3) is 0 Å². The van der Waals surface area contributed by atoms with Crippen molar-refractivity contribution in [3.63, 3.8) is 0 Å². The average Bonchev–Trinajstić information content (AvgIpc) is 2.35. The molecule has 5 nitrogen and oxygen atoms in total. The minimum absolute atomic E-state index is 0.0762. The highest BCUT2D eigenvalue weighted by atomic mass is 16.7. The van der Waals surface area contributed by atoms with Gasteiger partial charge in [-0.2, -0.15) is 0 Å². The summed E-state index contributed by atoms with van der Waals surface area (Å²) in [5.74, 6) is -0.0232. The maximum Gasteiger partial charge on any atom is 0.511 e. The molecule has 1 rings (SSSR count). The number of hydrogen-bond acceptors (Lipinski definition) is 4. The zero-order valence-corrected chi connectivity index (χ0v) is 11.5. The molecule has 1 aromatic carbocycles. The zero-order valence-electron chi connectivity index (χ0n) is 11.5. The van der Waals surface area contributed by atoms with E-state index in [0.717, 1.165) is 36.8 Å². The van der Waals surface area contributed by atoms with Crippen molar-refractivity contribution >= 4 is 6.16 Å². The maximum atomic E-state index is 10.6. The monoisotopic (exact) mass is 268 g/mol. The summed E-state index contributed by atoms with van der Waals surface area (Å²) in [7, 11) is 1.45. The minimum Gasteiger partial charge on any atom is -0.502 e. The number of aromatic hydroxyl groups is 1. The van der Waals surface area contributed by atoms with Crippen molar-refractivity contribution in [2.75, 3.05) is 7.11 Å². The summed E-state index contributed by atoms with van der Waals surface area (Å²) in [5.41, 5.74) is 1.87. The van der Waals surface area contributed by atoms with Gasteiger partial charge in [-0.3, -0.25) is 0 Å². The van der Waals surface area contributed by atoms with Gasteiger partial charge in [0, 0.05) is 5.56 Å². The van der Waals surface area contributed by atoms with E-state index < -0.39 is 6.16 Å². The zero-order chi connectivity index (χ0) is 14.4. The Labute approximate surface area is 112 Å². The van der Waals surface area contributed by atoms with Crippen LogP contribution in [0.4, 0.5) is 4.79 Å². The van der Waals surface area contributed by atoms with Crippen molar-refractivity contribution in [3.05, 3.63) is 17.2 Å². The Kier molecular flexibility index (Phi) is 5.48. The largest absolute Gasteiger partial charge is 0.511 e. The number of hydrogen-bond donors (Lipinski definition) is 2. The Morgan fingerprint density at radius 2 is 1.89 bits per heavy atom. The number of aryl methyl sites for hydroxylation is 1. The van der Waals surface area contributed by atoms with Crippen molar-refractivity contribution in [2.24, 2.45) is 0 Å². The van der Waals surface area contributed by atoms with E-state index in [9.17, 15) is 9.90 Å². The molecule has 5 heteroatoms. The molecule has 0 aromatic heterocycles. The normalized spacial score (nSPS) is 10.3. The second kappa shape index (κ2) is 6.87. The first-order chi connectivity index (χ1) is 9.04. The van der Waals surface area contributed by atoms with E-state index in [1.807, 2.05) is 13.8 Å². The molecule has 0 aliphatic carbocycles. The van der Waals surface area contributed by atoms with Crippen molar-refractivity contribution in [1.82, 2.24) is 0 Å². The van der Waals surface area contributed by atoms with E-state index in [-0.39, 0.29) is 11.5 Å². The molecule has 106 valence electrons. The molecule has 0 aliphatic heterocycles. The van der Waals surface area contributed by atoms with Gasteiger partial charge in [0.05, 0.1) is 7.11 Å². The highest BCUT2D eigenvalue weighted by Gasteiger charge is 2.20. The number of carboxylic acid groups (broad SMARTS) is 1. The lowest BCUT2D eigenvalue weighted by Crippen LogP contribution is -2.06. The third kappa shape index (κ3) is 3.53. The van der Waals surface area contributed by atoms with E-state index in [1.165, 1.54) is 7.11 Å². The number of phenols is 1. The van der Waals surface area contributed by atoms with Crippen molar-refractivity contribution in [2.45, 2.75) is 39.5 Å². The van der Waals surface area contributed by atoms with Crippen LogP contribution in [-0.4, -0.2) is 23.5 Å². The van der Waals surface area contributed by atoms with Crippen LogP contribution in [0.2, 0.25) is 0 Å². The third-order valence-corrected chi connectivity index (χ3v) is 2.84. The molecule has 0 bridgehead atoms. The van der Waals surface area contributed by atoms with Crippen molar-refractivity contribution in [3.8, 4) is 17.2 Å². The molecule has 0 saturated carbocycles. The summed E-state index contributed by atoms with van der Waals surface area (Å²) in [6, 6.07) is 1.58. The topological polar surface area (TPSA) is 76.0 Å². The summed E-state index contributed by atoms with van der Waals surface area (Å²) in [4.78, 5) is 10.6. The quantitative estimate of drug-likeness (QED) is 0.611. The predicted molar refractivity (Wildman–Crippen MR) is 71.3 cm³/mol. The van der Waals surface area contributed by atoms with Gasteiger partial charge in [-0.25, -0.2) is 4.79 Å². The Balaban J connectivity index is 3.37. The van der Waals surface area contributed by atoms with Crippen molar-refractivity contribution in [1.29, 1.82) is 0 Å². The SMILES string of the molecule is CCCc1cc(OC(=O)O)c(O)c(OC)c1CCC. The van der Waals surface area contributed by atoms with E-state index >= 15 is 0 Å². The fourth-order valence-electron chi connectivity index (χ4n) is 2.12. The highest BCUT2D eigenvalue weighted by molar-refractivity contribution is 5.66. The molecule has 19 heavy (non-hydrogen) atoms. The summed E-state index contributed by atoms with van der Waals surface area (Å²) in [5, 5.41) is 18.7. The second-order valence-electron chi connectivity index (χ2n) is 4.26. The molecule has 0 spiro atoms. The van der Waals surface area contributed by atoms with Gasteiger partial charge in [-0.05, 0) is 24.5 Å². The highest BCUT2D eigenvalue weighted by Crippen LogP contribution is 2.42. The molecular formula is C14H20O5. The van der Waals surface area contributed by atoms with E-state index in [4.69, 9.17) is 9.84 Å². The first-order valence-electron chi connectivity index (χ1n) is 6.37. The van der Waals surface area contributed by atoms with E-state index in [1.54, 1.807) is 6.07 Å². The summed E-state index contributed by atoms with van der Waals surface area (Å²) in [6.07, 6.45) is 1.91. The van der Waals surface area contributed by atoms with Crippen LogP contribution >= 0.6 is 0 Å². The number of methoxy groups -OCH3 is 1. The lowest BCUT2D eigenvalue weighted by atomic mass is 9.97. The van der Waals surface area contributed by atoms with Crippen LogP contribution in [0.15, 0.2) is 6.07 Å². The van der Waals surface area contributed by atoms with Crippen LogP contribution in [0.3, 0.4) is 0 Å². The summed E-state index contributed by atoms with van der Waals surface area (Å²) in [6.45, 7) is 4.07. The molecule has 0 atom stereocenters. The van der Waals surface area contributed by atoms with Crippen LogP contribution in [0, 0.1) is 0 Å². The van der Waals surface area contributed by atoms with Gasteiger partial charge in [-0.1, -0.05) is 26.7 Å². The Morgan fingerprint density at radius 3 is 2.37 bits per heavy atom. The summed E-state index contributed by atoms with van der Waals surface area (Å²) < 4.78 is 9.81. The van der Waals surface area contributed by atoms with Crippen LogP contribution in [0.5, 0.6) is 17.2 Å². The molecule has 0 aliphatic rings.